The molecule has 24 heavy (non-hydrogen) atoms. The lowest BCUT2D eigenvalue weighted by Crippen LogP contribution is -2.48. The first-order valence-corrected chi connectivity index (χ1v) is 8.65. The first kappa shape index (κ1) is 16.4. The van der Waals surface area contributed by atoms with Gasteiger partial charge in [-0.3, -0.25) is 10.2 Å². The van der Waals surface area contributed by atoms with E-state index in [1.165, 1.54) is 0 Å². The number of hydrazine groups is 1. The zero-order valence-corrected chi connectivity index (χ0v) is 14.4. The van der Waals surface area contributed by atoms with Crippen molar-refractivity contribution in [2.24, 2.45) is 0 Å². The second-order valence-electron chi connectivity index (χ2n) is 5.69. The lowest BCUT2D eigenvalue weighted by Gasteiger charge is -2.23. The lowest BCUT2D eigenvalue weighted by molar-refractivity contribution is 0.0923. The number of aryl methyl sites for hydroxylation is 2. The molecule has 2 N–H and O–H groups in total. The Morgan fingerprint density at radius 1 is 1.25 bits per heavy atom. The van der Waals surface area contributed by atoms with Gasteiger partial charge in [0.05, 0.1) is 16.7 Å². The minimum atomic E-state index is -0.438. The number of carbonyl (C=O) groups is 2. The maximum atomic E-state index is 12.4. The Kier molecular flexibility index (Phi) is 4.75. The smallest absolute Gasteiger partial charge is 0.315 e. The minimum absolute atomic E-state index is 0.0380. The maximum absolute atomic E-state index is 12.4. The molecular weight excluding hydrogens is 326 g/mol. The largest absolute Gasteiger partial charge is 0.336 e. The summed E-state index contributed by atoms with van der Waals surface area (Å²) >= 11 is 1.57. The SMILES string of the molecule is Cc1cccc(C(=O)NNC(=O)N2CCC[C@H]2c2csc(C)n2)n1. The molecule has 8 heteroatoms. The molecule has 0 radical (unpaired) electrons. The van der Waals surface area contributed by atoms with E-state index in [0.717, 1.165) is 29.2 Å². The normalized spacial score (nSPS) is 16.9. The average molecular weight is 345 g/mol. The molecule has 0 aliphatic carbocycles. The van der Waals surface area contributed by atoms with Crippen molar-refractivity contribution < 1.29 is 9.59 Å². The zero-order valence-electron chi connectivity index (χ0n) is 13.6. The van der Waals surface area contributed by atoms with Crippen LogP contribution < -0.4 is 10.9 Å². The number of likely N-dealkylation sites (tertiary alicyclic amines) is 1. The highest BCUT2D eigenvalue weighted by Gasteiger charge is 2.31. The number of carbonyl (C=O) groups excluding carboxylic acids is 2. The van der Waals surface area contributed by atoms with E-state index < -0.39 is 5.91 Å². The fraction of sp³-hybridized carbons (Fsp3) is 0.375. The van der Waals surface area contributed by atoms with Crippen molar-refractivity contribution in [2.75, 3.05) is 6.54 Å². The minimum Gasteiger partial charge on any atom is -0.315 e. The molecule has 7 nitrogen and oxygen atoms in total. The zero-order chi connectivity index (χ0) is 17.1. The summed E-state index contributed by atoms with van der Waals surface area (Å²) in [6, 6.07) is 4.79. The first-order valence-electron chi connectivity index (χ1n) is 7.77. The fourth-order valence-corrected chi connectivity index (χ4v) is 3.43. The van der Waals surface area contributed by atoms with E-state index in [1.807, 2.05) is 12.3 Å². The number of hydrogen-bond acceptors (Lipinski definition) is 5. The van der Waals surface area contributed by atoms with Gasteiger partial charge in [0.15, 0.2) is 0 Å². The predicted molar refractivity (Wildman–Crippen MR) is 90.5 cm³/mol. The Morgan fingerprint density at radius 2 is 2.08 bits per heavy atom. The van der Waals surface area contributed by atoms with Gasteiger partial charge in [-0.2, -0.15) is 0 Å². The van der Waals surface area contributed by atoms with Gasteiger partial charge in [-0.1, -0.05) is 6.07 Å². The number of urea groups is 1. The Labute approximate surface area is 144 Å². The van der Waals surface area contributed by atoms with E-state index >= 15 is 0 Å². The molecule has 1 aliphatic rings. The van der Waals surface area contributed by atoms with E-state index in [2.05, 4.69) is 20.8 Å². The van der Waals surface area contributed by atoms with E-state index in [-0.39, 0.29) is 17.8 Å². The van der Waals surface area contributed by atoms with Crippen molar-refractivity contribution in [3.8, 4) is 0 Å². The van der Waals surface area contributed by atoms with Gasteiger partial charge in [-0.15, -0.1) is 11.3 Å². The Balaban J connectivity index is 1.61. The van der Waals surface area contributed by atoms with Crippen LogP contribution in [0.2, 0.25) is 0 Å². The van der Waals surface area contributed by atoms with Crippen LogP contribution in [0.25, 0.3) is 0 Å². The highest BCUT2D eigenvalue weighted by atomic mass is 32.1. The molecule has 1 aliphatic heterocycles. The first-order chi connectivity index (χ1) is 11.5. The monoisotopic (exact) mass is 345 g/mol. The molecule has 126 valence electrons. The van der Waals surface area contributed by atoms with Gasteiger partial charge >= 0.3 is 6.03 Å². The molecular formula is C16H19N5O2S. The van der Waals surface area contributed by atoms with Crippen molar-refractivity contribution in [1.82, 2.24) is 25.7 Å². The van der Waals surface area contributed by atoms with Gasteiger partial charge in [0, 0.05) is 17.6 Å². The van der Waals surface area contributed by atoms with Crippen LogP contribution in [0.1, 0.15) is 45.8 Å². The fourth-order valence-electron chi connectivity index (χ4n) is 2.77. The molecule has 0 unspecified atom stereocenters. The third-order valence-electron chi connectivity index (χ3n) is 3.90. The Bertz CT molecular complexity index is 760. The van der Waals surface area contributed by atoms with E-state index in [1.54, 1.807) is 41.4 Å². The van der Waals surface area contributed by atoms with Crippen LogP contribution >= 0.6 is 11.3 Å². The summed E-state index contributed by atoms with van der Waals surface area (Å²) in [6.45, 7) is 4.40. The molecule has 0 bridgehead atoms. The molecule has 0 aromatic carbocycles. The van der Waals surface area contributed by atoms with Crippen LogP contribution in [-0.2, 0) is 0 Å². The quantitative estimate of drug-likeness (QED) is 0.818. The maximum Gasteiger partial charge on any atom is 0.336 e. The van der Waals surface area contributed by atoms with Crippen LogP contribution in [-0.4, -0.2) is 33.4 Å². The summed E-state index contributed by atoms with van der Waals surface area (Å²) in [4.78, 5) is 34.8. The number of amides is 3. The number of hydrogen-bond donors (Lipinski definition) is 2. The molecule has 0 saturated carbocycles. The number of thiazole rings is 1. The third kappa shape index (κ3) is 3.53. The topological polar surface area (TPSA) is 87.2 Å². The molecule has 2 aromatic heterocycles. The van der Waals surface area contributed by atoms with Crippen molar-refractivity contribution in [3.05, 3.63) is 45.7 Å². The summed E-state index contributed by atoms with van der Waals surface area (Å²) < 4.78 is 0. The average Bonchev–Trinajstić information content (AvgIpc) is 3.20. The van der Waals surface area contributed by atoms with Gasteiger partial charge in [0.25, 0.3) is 5.91 Å². The Hall–Kier alpha value is -2.48. The van der Waals surface area contributed by atoms with Gasteiger partial charge in [0.2, 0.25) is 0 Å². The Morgan fingerprint density at radius 3 is 2.79 bits per heavy atom. The van der Waals surface area contributed by atoms with Crippen molar-refractivity contribution in [3.63, 3.8) is 0 Å². The summed E-state index contributed by atoms with van der Waals surface area (Å²) in [5, 5.41) is 2.97. The van der Waals surface area contributed by atoms with Crippen LogP contribution in [0.15, 0.2) is 23.6 Å². The molecule has 1 fully saturated rings. The van der Waals surface area contributed by atoms with Crippen LogP contribution in [0.3, 0.4) is 0 Å². The predicted octanol–water partition coefficient (Wildman–Crippen LogP) is 2.35. The standard InChI is InChI=1S/C16H19N5O2S/c1-10-5-3-6-12(17-10)15(22)19-20-16(23)21-8-4-7-14(21)13-9-24-11(2)18-13/h3,5-6,9,14H,4,7-8H2,1-2H3,(H,19,22)(H,20,23)/t14-/m0/s1. The molecule has 3 rings (SSSR count). The summed E-state index contributed by atoms with van der Waals surface area (Å²) in [5.41, 5.74) is 6.82. The van der Waals surface area contributed by atoms with E-state index in [4.69, 9.17) is 0 Å². The number of nitrogens with zero attached hydrogens (tertiary/aromatic N) is 3. The second-order valence-corrected chi connectivity index (χ2v) is 6.75. The van der Waals surface area contributed by atoms with Gasteiger partial charge in [-0.05, 0) is 38.8 Å². The van der Waals surface area contributed by atoms with Gasteiger partial charge in [-0.25, -0.2) is 20.2 Å². The van der Waals surface area contributed by atoms with Crippen molar-refractivity contribution in [2.45, 2.75) is 32.7 Å². The molecule has 1 atom stereocenters. The second kappa shape index (κ2) is 6.96. The number of pyridine rings is 1. The van der Waals surface area contributed by atoms with Crippen molar-refractivity contribution >= 4 is 23.3 Å². The van der Waals surface area contributed by atoms with Gasteiger partial charge in [0.1, 0.15) is 5.69 Å². The summed E-state index contributed by atoms with van der Waals surface area (Å²) in [6.07, 6.45) is 1.80. The third-order valence-corrected chi connectivity index (χ3v) is 4.69. The number of rotatable bonds is 2. The summed E-state index contributed by atoms with van der Waals surface area (Å²) in [7, 11) is 0. The van der Waals surface area contributed by atoms with Gasteiger partial charge < -0.3 is 4.90 Å². The van der Waals surface area contributed by atoms with E-state index in [9.17, 15) is 9.59 Å². The highest BCUT2D eigenvalue weighted by Crippen LogP contribution is 2.32. The van der Waals surface area contributed by atoms with Crippen LogP contribution in [0.4, 0.5) is 4.79 Å². The number of aromatic nitrogens is 2. The molecule has 3 heterocycles. The molecule has 2 aromatic rings. The highest BCUT2D eigenvalue weighted by molar-refractivity contribution is 7.09. The lowest BCUT2D eigenvalue weighted by atomic mass is 10.2. The summed E-state index contributed by atoms with van der Waals surface area (Å²) in [5.74, 6) is -0.438. The van der Waals surface area contributed by atoms with Crippen LogP contribution in [0, 0.1) is 13.8 Å². The molecule has 3 amide bonds. The van der Waals surface area contributed by atoms with Crippen molar-refractivity contribution in [1.29, 1.82) is 0 Å². The van der Waals surface area contributed by atoms with Crippen LogP contribution in [0.5, 0.6) is 0 Å². The van der Waals surface area contributed by atoms with E-state index in [0.29, 0.717) is 6.54 Å². The molecule has 1 saturated heterocycles. The molecule has 0 spiro atoms. The number of nitrogens with one attached hydrogen (secondary N) is 2.